The highest BCUT2D eigenvalue weighted by molar-refractivity contribution is 6.09. The van der Waals surface area contributed by atoms with Crippen LogP contribution < -0.4 is 19.5 Å². The summed E-state index contributed by atoms with van der Waals surface area (Å²) in [6, 6.07) is 11.0. The summed E-state index contributed by atoms with van der Waals surface area (Å²) in [6.07, 6.45) is 1.40. The number of aromatic hydroxyl groups is 1. The molecule has 26 heavy (non-hydrogen) atoms. The Balaban J connectivity index is 2.36. The first kappa shape index (κ1) is 18.7. The number of phenols is 1. The first-order valence-electron chi connectivity index (χ1n) is 7.54. The smallest absolute Gasteiger partial charge is 0.266 e. The second kappa shape index (κ2) is 8.44. The van der Waals surface area contributed by atoms with Gasteiger partial charge in [-0.15, -0.1) is 0 Å². The van der Waals surface area contributed by atoms with Crippen molar-refractivity contribution in [1.82, 2.24) is 0 Å². The molecular weight excluding hydrogens is 336 g/mol. The second-order valence-electron chi connectivity index (χ2n) is 5.12. The number of hydrogen-bond donors (Lipinski definition) is 2. The summed E-state index contributed by atoms with van der Waals surface area (Å²) >= 11 is 0. The van der Waals surface area contributed by atoms with Gasteiger partial charge < -0.3 is 24.6 Å². The average Bonchev–Trinajstić information content (AvgIpc) is 2.66. The van der Waals surface area contributed by atoms with E-state index in [1.165, 1.54) is 51.7 Å². The monoisotopic (exact) mass is 354 g/mol. The predicted octanol–water partition coefficient (Wildman–Crippen LogP) is 2.96. The lowest BCUT2D eigenvalue weighted by Crippen LogP contribution is -2.13. The average molecular weight is 354 g/mol. The number of nitrogens with one attached hydrogen (secondary N) is 1. The Labute approximate surface area is 151 Å². The molecule has 0 unspecified atom stereocenters. The molecule has 0 radical (unpaired) electrons. The minimum absolute atomic E-state index is 0.0779. The van der Waals surface area contributed by atoms with Gasteiger partial charge in [-0.25, -0.2) is 0 Å². The van der Waals surface area contributed by atoms with Crippen molar-refractivity contribution in [3.63, 3.8) is 0 Å². The van der Waals surface area contributed by atoms with Gasteiger partial charge >= 0.3 is 0 Å². The van der Waals surface area contributed by atoms with Crippen LogP contribution in [0.25, 0.3) is 6.08 Å². The molecule has 2 N–H and O–H groups in total. The van der Waals surface area contributed by atoms with Crippen molar-refractivity contribution in [2.24, 2.45) is 0 Å². The second-order valence-corrected chi connectivity index (χ2v) is 5.12. The molecule has 0 atom stereocenters. The number of benzene rings is 2. The van der Waals surface area contributed by atoms with Crippen molar-refractivity contribution in [2.75, 3.05) is 26.6 Å². The Bertz CT molecular complexity index is 867. The molecule has 134 valence electrons. The van der Waals surface area contributed by atoms with E-state index in [2.05, 4.69) is 5.32 Å². The number of nitrogens with zero attached hydrogens (tertiary/aromatic N) is 1. The van der Waals surface area contributed by atoms with Gasteiger partial charge in [-0.3, -0.25) is 4.79 Å². The number of carbonyl (C=O) groups is 1. The van der Waals surface area contributed by atoms with Gasteiger partial charge in [-0.05, 0) is 36.4 Å². The van der Waals surface area contributed by atoms with Crippen molar-refractivity contribution in [3.05, 3.63) is 47.5 Å². The Morgan fingerprint density at radius 2 is 1.62 bits per heavy atom. The van der Waals surface area contributed by atoms with Gasteiger partial charge in [0.25, 0.3) is 5.91 Å². The lowest BCUT2D eigenvalue weighted by molar-refractivity contribution is -0.112. The standard InChI is InChI=1S/C19H18N2O5/c1-24-16-10-18(26-3)17(25-2)9-12(16)8-13(11-20)19(23)21-14-4-6-15(22)7-5-14/h4-10,22H,1-3H3,(H,21,23)/b13-8-. The number of hydrogen-bond acceptors (Lipinski definition) is 6. The fourth-order valence-corrected chi connectivity index (χ4v) is 2.21. The highest BCUT2D eigenvalue weighted by Crippen LogP contribution is 2.35. The largest absolute Gasteiger partial charge is 0.508 e. The van der Waals surface area contributed by atoms with E-state index in [9.17, 15) is 15.2 Å². The summed E-state index contributed by atoms with van der Waals surface area (Å²) in [7, 11) is 4.46. The van der Waals surface area contributed by atoms with Crippen LogP contribution in [0.1, 0.15) is 5.56 Å². The molecule has 0 saturated carbocycles. The Hall–Kier alpha value is -3.66. The third-order valence-electron chi connectivity index (χ3n) is 3.53. The minimum Gasteiger partial charge on any atom is -0.508 e. The predicted molar refractivity (Wildman–Crippen MR) is 96.4 cm³/mol. The fraction of sp³-hybridized carbons (Fsp3) is 0.158. The molecule has 2 rings (SSSR count). The Kier molecular flexibility index (Phi) is 6.06. The van der Waals surface area contributed by atoms with Crippen molar-refractivity contribution in [2.45, 2.75) is 0 Å². The number of ether oxygens (including phenoxy) is 3. The molecule has 0 spiro atoms. The molecule has 0 aliphatic heterocycles. The highest BCUT2D eigenvalue weighted by atomic mass is 16.5. The van der Waals surface area contributed by atoms with Crippen LogP contribution in [0.3, 0.4) is 0 Å². The van der Waals surface area contributed by atoms with Crippen LogP contribution in [0, 0.1) is 11.3 Å². The Morgan fingerprint density at radius 1 is 1.04 bits per heavy atom. The molecule has 1 amide bonds. The molecule has 0 bridgehead atoms. The number of rotatable bonds is 6. The quantitative estimate of drug-likeness (QED) is 0.470. The van der Waals surface area contributed by atoms with E-state index in [0.29, 0.717) is 28.5 Å². The summed E-state index contributed by atoms with van der Waals surface area (Å²) < 4.78 is 15.7. The number of carbonyl (C=O) groups excluding carboxylic acids is 1. The van der Waals surface area contributed by atoms with Crippen LogP contribution in [0.2, 0.25) is 0 Å². The maximum Gasteiger partial charge on any atom is 0.266 e. The zero-order valence-electron chi connectivity index (χ0n) is 14.6. The molecule has 0 aliphatic carbocycles. The summed E-state index contributed by atoms with van der Waals surface area (Å²) in [4.78, 5) is 12.3. The zero-order chi connectivity index (χ0) is 19.1. The molecule has 0 fully saturated rings. The molecule has 7 nitrogen and oxygen atoms in total. The topological polar surface area (TPSA) is 101 Å². The molecule has 0 saturated heterocycles. The molecule has 0 heterocycles. The van der Waals surface area contributed by atoms with Crippen LogP contribution in [0.4, 0.5) is 5.69 Å². The molecule has 2 aromatic rings. The normalized spacial score (nSPS) is 10.6. The van der Waals surface area contributed by atoms with Crippen LogP contribution in [0.5, 0.6) is 23.0 Å². The van der Waals surface area contributed by atoms with Gasteiger partial charge in [0.2, 0.25) is 0 Å². The summed E-state index contributed by atoms with van der Waals surface area (Å²) in [5.41, 5.74) is 0.819. The molecule has 0 aromatic heterocycles. The molecular formula is C19H18N2O5. The third-order valence-corrected chi connectivity index (χ3v) is 3.53. The van der Waals surface area contributed by atoms with E-state index in [0.717, 1.165) is 0 Å². The van der Waals surface area contributed by atoms with Gasteiger partial charge in [-0.2, -0.15) is 5.26 Å². The molecule has 2 aromatic carbocycles. The number of nitriles is 1. The van der Waals surface area contributed by atoms with E-state index in [4.69, 9.17) is 14.2 Å². The third kappa shape index (κ3) is 4.24. The van der Waals surface area contributed by atoms with Crippen molar-refractivity contribution in [1.29, 1.82) is 5.26 Å². The lowest BCUT2D eigenvalue weighted by Gasteiger charge is -2.12. The van der Waals surface area contributed by atoms with Crippen LogP contribution in [-0.4, -0.2) is 32.3 Å². The number of anilines is 1. The van der Waals surface area contributed by atoms with E-state index in [-0.39, 0.29) is 11.3 Å². The first-order chi connectivity index (χ1) is 12.5. The van der Waals surface area contributed by atoms with Crippen LogP contribution >= 0.6 is 0 Å². The number of amides is 1. The minimum atomic E-state index is -0.588. The van der Waals surface area contributed by atoms with Gasteiger partial charge in [0.15, 0.2) is 11.5 Å². The summed E-state index contributed by atoms with van der Waals surface area (Å²) in [5, 5.41) is 21.2. The Morgan fingerprint density at radius 3 is 2.15 bits per heavy atom. The van der Waals surface area contributed by atoms with Crippen molar-refractivity contribution in [3.8, 4) is 29.1 Å². The maximum absolute atomic E-state index is 12.3. The highest BCUT2D eigenvalue weighted by Gasteiger charge is 2.14. The lowest BCUT2D eigenvalue weighted by atomic mass is 10.1. The maximum atomic E-state index is 12.3. The summed E-state index contributed by atoms with van der Waals surface area (Å²) in [6.45, 7) is 0. The fourth-order valence-electron chi connectivity index (χ4n) is 2.21. The zero-order valence-corrected chi connectivity index (χ0v) is 14.6. The van der Waals surface area contributed by atoms with E-state index < -0.39 is 5.91 Å². The van der Waals surface area contributed by atoms with Gasteiger partial charge in [0, 0.05) is 17.3 Å². The van der Waals surface area contributed by atoms with E-state index in [1.54, 1.807) is 12.1 Å². The SMILES string of the molecule is COc1cc(OC)c(OC)cc1/C=C(/C#N)C(=O)Nc1ccc(O)cc1. The molecule has 7 heteroatoms. The summed E-state index contributed by atoms with van der Waals surface area (Å²) in [5.74, 6) is 0.821. The van der Waals surface area contributed by atoms with Crippen LogP contribution in [-0.2, 0) is 4.79 Å². The van der Waals surface area contributed by atoms with Crippen LogP contribution in [0.15, 0.2) is 42.0 Å². The van der Waals surface area contributed by atoms with E-state index in [1.807, 2.05) is 6.07 Å². The van der Waals surface area contributed by atoms with Gasteiger partial charge in [0.1, 0.15) is 23.1 Å². The van der Waals surface area contributed by atoms with E-state index >= 15 is 0 Å². The van der Waals surface area contributed by atoms with Crippen molar-refractivity contribution >= 4 is 17.7 Å². The molecule has 0 aliphatic rings. The number of phenolic OH excluding ortho intramolecular Hbond substituents is 1. The number of methoxy groups -OCH3 is 3. The van der Waals surface area contributed by atoms with Crippen molar-refractivity contribution < 1.29 is 24.1 Å². The van der Waals surface area contributed by atoms with Gasteiger partial charge in [-0.1, -0.05) is 0 Å². The van der Waals surface area contributed by atoms with Gasteiger partial charge in [0.05, 0.1) is 21.3 Å². The first-order valence-corrected chi connectivity index (χ1v) is 7.54.